The van der Waals surface area contributed by atoms with Crippen LogP contribution >= 0.6 is 0 Å². The Morgan fingerprint density at radius 3 is 2.27 bits per heavy atom. The van der Waals surface area contributed by atoms with Gasteiger partial charge in [-0.3, -0.25) is 4.79 Å². The lowest BCUT2D eigenvalue weighted by Gasteiger charge is -2.14. The third kappa shape index (κ3) is 6.10. The normalized spacial score (nSPS) is 10.8. The van der Waals surface area contributed by atoms with Gasteiger partial charge in [-0.15, -0.1) is 0 Å². The van der Waals surface area contributed by atoms with Gasteiger partial charge in [-0.2, -0.15) is 0 Å². The fourth-order valence-electron chi connectivity index (χ4n) is 2.59. The van der Waals surface area contributed by atoms with E-state index in [2.05, 4.69) is 39.1 Å². The van der Waals surface area contributed by atoms with Crippen LogP contribution in [-0.4, -0.2) is 25.7 Å². The Morgan fingerprint density at radius 2 is 1.62 bits per heavy atom. The van der Waals surface area contributed by atoms with E-state index in [1.165, 1.54) is 11.1 Å². The summed E-state index contributed by atoms with van der Waals surface area (Å²) in [4.78, 5) is 11.9. The van der Waals surface area contributed by atoms with Crippen LogP contribution in [0.15, 0.2) is 48.5 Å². The summed E-state index contributed by atoms with van der Waals surface area (Å²) in [6.45, 7) is 9.43. The summed E-state index contributed by atoms with van der Waals surface area (Å²) in [7, 11) is 0. The summed E-state index contributed by atoms with van der Waals surface area (Å²) in [5.41, 5.74) is 2.42. The zero-order valence-corrected chi connectivity index (χ0v) is 16.1. The molecule has 0 bridgehead atoms. The van der Waals surface area contributed by atoms with Crippen LogP contribution in [-0.2, 0) is 4.79 Å². The Morgan fingerprint density at radius 1 is 0.923 bits per heavy atom. The maximum absolute atomic E-state index is 11.9. The summed E-state index contributed by atoms with van der Waals surface area (Å²) in [6.07, 6.45) is 0. The van der Waals surface area contributed by atoms with Gasteiger partial charge in [0.25, 0.3) is 5.91 Å². The highest BCUT2D eigenvalue weighted by Crippen LogP contribution is 2.25. The molecule has 2 aromatic carbocycles. The fourth-order valence-corrected chi connectivity index (χ4v) is 2.59. The summed E-state index contributed by atoms with van der Waals surface area (Å²) >= 11 is 0. The van der Waals surface area contributed by atoms with Crippen molar-refractivity contribution in [2.24, 2.45) is 0 Å². The predicted molar refractivity (Wildman–Crippen MR) is 105 cm³/mol. The van der Waals surface area contributed by atoms with Crippen molar-refractivity contribution in [2.45, 2.75) is 39.5 Å². The summed E-state index contributed by atoms with van der Waals surface area (Å²) in [5, 5.41) is 2.81. The first-order chi connectivity index (χ1) is 12.5. The average Bonchev–Trinajstić information content (AvgIpc) is 2.64. The highest BCUT2D eigenvalue weighted by atomic mass is 16.5. The van der Waals surface area contributed by atoms with Gasteiger partial charge in [0.2, 0.25) is 0 Å². The minimum atomic E-state index is -0.154. The first-order valence-corrected chi connectivity index (χ1v) is 9.18. The molecular weight excluding hydrogens is 326 g/mol. The standard InChI is InChI=1S/C22H29NO3/c1-16(2)18-9-11-19(12-10-18)26-15-22(24)23-13-14-25-21-8-6-5-7-20(21)17(3)4/h5-12,16-17H,13-15H2,1-4H3,(H,23,24). The molecule has 0 aliphatic rings. The maximum atomic E-state index is 11.9. The lowest BCUT2D eigenvalue weighted by atomic mass is 10.0. The summed E-state index contributed by atoms with van der Waals surface area (Å²) in [5.74, 6) is 2.30. The monoisotopic (exact) mass is 355 g/mol. The number of para-hydroxylation sites is 1. The predicted octanol–water partition coefficient (Wildman–Crippen LogP) is 4.51. The molecule has 4 heteroatoms. The molecule has 0 saturated carbocycles. The lowest BCUT2D eigenvalue weighted by Crippen LogP contribution is -2.32. The molecule has 0 fully saturated rings. The number of benzene rings is 2. The van der Waals surface area contributed by atoms with E-state index >= 15 is 0 Å². The van der Waals surface area contributed by atoms with Gasteiger partial charge in [-0.1, -0.05) is 58.0 Å². The van der Waals surface area contributed by atoms with Crippen molar-refractivity contribution >= 4 is 5.91 Å². The van der Waals surface area contributed by atoms with Crippen LogP contribution in [0.3, 0.4) is 0 Å². The molecule has 0 unspecified atom stereocenters. The van der Waals surface area contributed by atoms with Crippen LogP contribution in [0.5, 0.6) is 11.5 Å². The molecule has 0 heterocycles. The number of carbonyl (C=O) groups is 1. The van der Waals surface area contributed by atoms with Crippen molar-refractivity contribution in [1.82, 2.24) is 5.32 Å². The number of hydrogen-bond donors (Lipinski definition) is 1. The molecule has 140 valence electrons. The first-order valence-electron chi connectivity index (χ1n) is 9.18. The zero-order valence-electron chi connectivity index (χ0n) is 16.1. The Labute approximate surface area is 156 Å². The smallest absolute Gasteiger partial charge is 0.258 e. The van der Waals surface area contributed by atoms with E-state index in [4.69, 9.17) is 9.47 Å². The van der Waals surface area contributed by atoms with Crippen molar-refractivity contribution in [2.75, 3.05) is 19.8 Å². The molecule has 1 N–H and O–H groups in total. The third-order valence-electron chi connectivity index (χ3n) is 4.14. The fraction of sp³-hybridized carbons (Fsp3) is 0.409. The molecule has 0 radical (unpaired) electrons. The number of carbonyl (C=O) groups excluding carboxylic acids is 1. The maximum Gasteiger partial charge on any atom is 0.258 e. The molecule has 1 amide bonds. The topological polar surface area (TPSA) is 47.6 Å². The van der Waals surface area contributed by atoms with E-state index in [1.54, 1.807) is 0 Å². The first kappa shape index (κ1) is 19.8. The van der Waals surface area contributed by atoms with Crippen molar-refractivity contribution in [1.29, 1.82) is 0 Å². The van der Waals surface area contributed by atoms with Gasteiger partial charge >= 0.3 is 0 Å². The molecule has 0 aromatic heterocycles. The number of nitrogens with one attached hydrogen (secondary N) is 1. The minimum absolute atomic E-state index is 0.00358. The van der Waals surface area contributed by atoms with Gasteiger partial charge in [-0.05, 0) is 41.2 Å². The summed E-state index contributed by atoms with van der Waals surface area (Å²) < 4.78 is 11.3. The van der Waals surface area contributed by atoms with E-state index in [0.29, 0.717) is 30.7 Å². The van der Waals surface area contributed by atoms with Gasteiger partial charge in [-0.25, -0.2) is 0 Å². The second kappa shape index (κ2) is 9.85. The number of ether oxygens (including phenoxy) is 2. The van der Waals surface area contributed by atoms with E-state index in [-0.39, 0.29) is 12.5 Å². The van der Waals surface area contributed by atoms with Crippen LogP contribution in [0.1, 0.15) is 50.7 Å². The Kier molecular flexibility index (Phi) is 7.52. The average molecular weight is 355 g/mol. The second-order valence-electron chi connectivity index (χ2n) is 6.90. The Balaban J connectivity index is 1.69. The number of amides is 1. The molecule has 0 atom stereocenters. The lowest BCUT2D eigenvalue weighted by molar-refractivity contribution is -0.123. The molecular formula is C22H29NO3. The molecule has 4 nitrogen and oxygen atoms in total. The van der Waals surface area contributed by atoms with E-state index in [0.717, 1.165) is 5.75 Å². The van der Waals surface area contributed by atoms with Crippen molar-refractivity contribution in [3.8, 4) is 11.5 Å². The molecule has 0 spiro atoms. The van der Waals surface area contributed by atoms with Crippen molar-refractivity contribution in [3.63, 3.8) is 0 Å². The molecule has 0 aliphatic carbocycles. The van der Waals surface area contributed by atoms with Gasteiger partial charge in [0.05, 0.1) is 6.54 Å². The highest BCUT2D eigenvalue weighted by molar-refractivity contribution is 5.77. The van der Waals surface area contributed by atoms with Crippen LogP contribution in [0.25, 0.3) is 0 Å². The SMILES string of the molecule is CC(C)c1ccc(OCC(=O)NCCOc2ccccc2C(C)C)cc1. The van der Waals surface area contributed by atoms with E-state index in [9.17, 15) is 4.79 Å². The highest BCUT2D eigenvalue weighted by Gasteiger charge is 2.07. The number of hydrogen-bond acceptors (Lipinski definition) is 3. The van der Waals surface area contributed by atoms with Crippen molar-refractivity contribution in [3.05, 3.63) is 59.7 Å². The zero-order chi connectivity index (χ0) is 18.9. The molecule has 0 saturated heterocycles. The molecule has 2 aromatic rings. The number of rotatable bonds is 9. The van der Waals surface area contributed by atoms with Crippen molar-refractivity contribution < 1.29 is 14.3 Å². The van der Waals surface area contributed by atoms with Crippen LogP contribution < -0.4 is 14.8 Å². The van der Waals surface area contributed by atoms with Gasteiger partial charge < -0.3 is 14.8 Å². The quantitative estimate of drug-likeness (QED) is 0.673. The van der Waals surface area contributed by atoms with Gasteiger partial charge in [0.1, 0.15) is 18.1 Å². The largest absolute Gasteiger partial charge is 0.491 e. The Hall–Kier alpha value is -2.49. The van der Waals surface area contributed by atoms with E-state index < -0.39 is 0 Å². The van der Waals surface area contributed by atoms with Crippen LogP contribution in [0.2, 0.25) is 0 Å². The van der Waals surface area contributed by atoms with Crippen LogP contribution in [0.4, 0.5) is 0 Å². The molecule has 26 heavy (non-hydrogen) atoms. The molecule has 2 rings (SSSR count). The third-order valence-corrected chi connectivity index (χ3v) is 4.14. The Bertz CT molecular complexity index is 693. The van der Waals surface area contributed by atoms with Crippen LogP contribution in [0, 0.1) is 0 Å². The molecule has 0 aliphatic heterocycles. The minimum Gasteiger partial charge on any atom is -0.491 e. The van der Waals surface area contributed by atoms with E-state index in [1.807, 2.05) is 42.5 Å². The second-order valence-corrected chi connectivity index (χ2v) is 6.90. The summed E-state index contributed by atoms with van der Waals surface area (Å²) in [6, 6.07) is 15.8. The van der Waals surface area contributed by atoms with Gasteiger partial charge in [0, 0.05) is 0 Å². The van der Waals surface area contributed by atoms with Gasteiger partial charge in [0.15, 0.2) is 6.61 Å².